The summed E-state index contributed by atoms with van der Waals surface area (Å²) in [7, 11) is 1.68. The molecule has 1 saturated carbocycles. The van der Waals surface area contributed by atoms with Gasteiger partial charge in [-0.2, -0.15) is 10.00 Å². The molecule has 14 heteroatoms. The topological polar surface area (TPSA) is 169 Å². The molecule has 0 unspecified atom stereocenters. The lowest BCUT2D eigenvalue weighted by Crippen LogP contribution is -2.49. The van der Waals surface area contributed by atoms with Crippen LogP contribution in [0.25, 0.3) is 20.7 Å². The molecule has 0 radical (unpaired) electrons. The van der Waals surface area contributed by atoms with Gasteiger partial charge in [0.25, 0.3) is 0 Å². The van der Waals surface area contributed by atoms with Crippen molar-refractivity contribution in [3.63, 3.8) is 0 Å². The second kappa shape index (κ2) is 10.5. The van der Waals surface area contributed by atoms with E-state index in [9.17, 15) is 29.1 Å². The number of thiophene rings is 1. The Balaban J connectivity index is 1.24. The van der Waals surface area contributed by atoms with E-state index in [2.05, 4.69) is 0 Å². The Kier molecular flexibility index (Phi) is 6.69. The number of aryl methyl sites for hydroxylation is 2. The zero-order chi connectivity index (χ0) is 34.0. The van der Waals surface area contributed by atoms with Crippen molar-refractivity contribution in [2.45, 2.75) is 39.2 Å². The third-order valence-electron chi connectivity index (χ3n) is 10.8. The van der Waals surface area contributed by atoms with Gasteiger partial charge in [-0.05, 0) is 73.9 Å². The van der Waals surface area contributed by atoms with Crippen LogP contribution < -0.4 is 10.6 Å². The van der Waals surface area contributed by atoms with Gasteiger partial charge in [-0.15, -0.1) is 11.3 Å². The third-order valence-corrected chi connectivity index (χ3v) is 12.4. The summed E-state index contributed by atoms with van der Waals surface area (Å²) in [6.45, 7) is 3.34. The maximum Gasteiger partial charge on any atom is 0.328 e. The molecule has 12 nitrogen and oxygen atoms in total. The highest BCUT2D eigenvalue weighted by Crippen LogP contribution is 2.63. The van der Waals surface area contributed by atoms with Crippen LogP contribution in [-0.4, -0.2) is 49.4 Å². The highest BCUT2D eigenvalue weighted by atomic mass is 35.5. The predicted octanol–water partition coefficient (Wildman–Crippen LogP) is 4.66. The first kappa shape index (κ1) is 30.7. The van der Waals surface area contributed by atoms with Gasteiger partial charge in [0.1, 0.15) is 29.6 Å². The molecule has 2 aliphatic heterocycles. The third kappa shape index (κ3) is 3.98. The number of aromatic nitrogens is 2. The Morgan fingerprint density at radius 3 is 2.60 bits per heavy atom. The van der Waals surface area contributed by atoms with E-state index in [4.69, 9.17) is 26.9 Å². The number of carbonyl (C=O) groups is 5. The molecule has 6 atom stereocenters. The number of nitrogens with two attached hydrogens (primary N) is 1. The van der Waals surface area contributed by atoms with E-state index in [1.54, 1.807) is 32.2 Å². The first-order valence-corrected chi connectivity index (χ1v) is 16.7. The van der Waals surface area contributed by atoms with Crippen LogP contribution >= 0.6 is 22.9 Å². The van der Waals surface area contributed by atoms with Crippen molar-refractivity contribution in [2.24, 2.45) is 41.9 Å². The minimum absolute atomic E-state index is 0.0984. The molecule has 2 aliphatic carbocycles. The van der Waals surface area contributed by atoms with Crippen molar-refractivity contribution in [3.8, 4) is 10.6 Å². The molecular formula is C34H30ClN5O7S. The van der Waals surface area contributed by atoms with Gasteiger partial charge in [0.05, 0.1) is 34.0 Å². The number of nitrogens with zero attached hydrogens (tertiary/aromatic N) is 4. The number of hydrogen-bond acceptors (Lipinski definition) is 9. The number of allylic oxidation sites excluding steroid dienone is 2. The summed E-state index contributed by atoms with van der Waals surface area (Å²) in [6.07, 6.45) is 2.10. The molecule has 48 heavy (non-hydrogen) atoms. The number of imide groups is 4. The Hall–Kier alpha value is -4.59. The standard InChI is InChI=1S/C34H30ClN5O7S/c1-14-19-10-15(35)4-9-24(19)48-28(14)22-12-25(38(3)37-22)39-30(43)21-11-20-17(6-7-18-26(20)31(44)40(29(18)42)33(36)46)27(34(21,2)32(39)45)23-8-5-16(13-41)47-23/h4-6,8-10,12,18,20-21,26-27,41H,7,11,13H2,1-3H3,(H2,36,46)/t18-,20+,21-,26-,27+,34+/m0/s1. The van der Waals surface area contributed by atoms with Crippen LogP contribution in [0.1, 0.15) is 42.8 Å². The number of primary amides is 1. The highest BCUT2D eigenvalue weighted by Gasteiger charge is 2.68. The molecule has 8 rings (SSSR count). The molecule has 1 aromatic carbocycles. The molecule has 0 bridgehead atoms. The number of hydrogen-bond donors (Lipinski definition) is 2. The SMILES string of the molecule is Cc1c(-c2cc(N3C(=O)[C@@H]4C[C@@H]5C(=CC[C@@H]6C(=O)N(C(N)=O)C(=O)[C@@H]65)[C@H](c5ccc(CO)o5)[C@]4(C)C3=O)n(C)n2)sc2ccc(Cl)cc12. The van der Waals surface area contributed by atoms with E-state index in [1.807, 2.05) is 31.2 Å². The highest BCUT2D eigenvalue weighted by molar-refractivity contribution is 7.22. The molecule has 0 spiro atoms. The Morgan fingerprint density at radius 1 is 1.12 bits per heavy atom. The van der Waals surface area contributed by atoms with Crippen LogP contribution in [0.15, 0.2) is 52.5 Å². The number of halogens is 1. The van der Waals surface area contributed by atoms with Gasteiger partial charge in [0.15, 0.2) is 0 Å². The van der Waals surface area contributed by atoms with E-state index in [0.29, 0.717) is 32.8 Å². The number of amides is 6. The lowest BCUT2D eigenvalue weighted by atomic mass is 9.52. The Morgan fingerprint density at radius 2 is 1.90 bits per heavy atom. The number of aliphatic hydroxyl groups is 1. The molecular weight excluding hydrogens is 658 g/mol. The first-order chi connectivity index (χ1) is 22.9. The summed E-state index contributed by atoms with van der Waals surface area (Å²) in [6, 6.07) is 9.54. The normalized spacial score (nSPS) is 28.3. The predicted molar refractivity (Wildman–Crippen MR) is 174 cm³/mol. The van der Waals surface area contributed by atoms with Crippen LogP contribution in [0, 0.1) is 36.0 Å². The van der Waals surface area contributed by atoms with Gasteiger partial charge in [-0.25, -0.2) is 9.69 Å². The minimum Gasteiger partial charge on any atom is -0.463 e. The molecule has 3 fully saturated rings. The Bertz CT molecular complexity index is 2160. The maximum atomic E-state index is 14.8. The first-order valence-electron chi connectivity index (χ1n) is 15.5. The number of carbonyl (C=O) groups excluding carboxylic acids is 5. The molecule has 3 aromatic heterocycles. The molecule has 4 aromatic rings. The number of anilines is 1. The summed E-state index contributed by atoms with van der Waals surface area (Å²) in [4.78, 5) is 70.7. The number of urea groups is 1. The fourth-order valence-electron chi connectivity index (χ4n) is 8.60. The lowest BCUT2D eigenvalue weighted by molar-refractivity contribution is -0.136. The fraction of sp³-hybridized carbons (Fsp3) is 0.353. The van der Waals surface area contributed by atoms with E-state index in [0.717, 1.165) is 20.5 Å². The zero-order valence-corrected chi connectivity index (χ0v) is 27.7. The quantitative estimate of drug-likeness (QED) is 0.231. The van der Waals surface area contributed by atoms with Crippen molar-refractivity contribution in [2.75, 3.05) is 4.90 Å². The van der Waals surface area contributed by atoms with E-state index in [1.165, 1.54) is 20.9 Å². The smallest absolute Gasteiger partial charge is 0.328 e. The van der Waals surface area contributed by atoms with Gasteiger partial charge in [0.2, 0.25) is 23.6 Å². The van der Waals surface area contributed by atoms with Gasteiger partial charge in [-0.1, -0.05) is 23.3 Å². The molecule has 2 saturated heterocycles. The second-order valence-electron chi connectivity index (χ2n) is 13.2. The number of rotatable bonds is 4. The van der Waals surface area contributed by atoms with Gasteiger partial charge in [0, 0.05) is 22.8 Å². The molecule has 6 amide bonds. The number of fused-ring (bicyclic) bond motifs is 5. The van der Waals surface area contributed by atoms with Crippen LogP contribution in [0.3, 0.4) is 0 Å². The summed E-state index contributed by atoms with van der Waals surface area (Å²) in [5, 5.41) is 16.1. The van der Waals surface area contributed by atoms with Crippen molar-refractivity contribution in [1.29, 1.82) is 0 Å². The van der Waals surface area contributed by atoms with Crippen LogP contribution in [0.4, 0.5) is 10.6 Å². The van der Waals surface area contributed by atoms with Crippen LogP contribution in [0.2, 0.25) is 5.02 Å². The van der Waals surface area contributed by atoms with Crippen molar-refractivity contribution in [3.05, 3.63) is 70.2 Å². The number of benzene rings is 1. The van der Waals surface area contributed by atoms with Crippen molar-refractivity contribution in [1.82, 2.24) is 14.7 Å². The molecule has 4 aliphatic rings. The van der Waals surface area contributed by atoms with Gasteiger partial charge < -0.3 is 15.3 Å². The summed E-state index contributed by atoms with van der Waals surface area (Å²) in [5.74, 6) is -5.41. The largest absolute Gasteiger partial charge is 0.463 e. The number of aliphatic hydroxyl groups excluding tert-OH is 1. The van der Waals surface area contributed by atoms with Crippen molar-refractivity contribution < 1.29 is 33.5 Å². The van der Waals surface area contributed by atoms with Gasteiger partial charge in [-0.3, -0.25) is 23.9 Å². The van der Waals surface area contributed by atoms with Gasteiger partial charge >= 0.3 is 6.03 Å². The van der Waals surface area contributed by atoms with E-state index in [-0.39, 0.29) is 25.2 Å². The van der Waals surface area contributed by atoms with Crippen LogP contribution in [0.5, 0.6) is 0 Å². The Labute approximate surface area is 282 Å². The average molecular weight is 688 g/mol. The monoisotopic (exact) mass is 687 g/mol. The fourth-order valence-corrected chi connectivity index (χ4v) is 9.92. The summed E-state index contributed by atoms with van der Waals surface area (Å²) < 4.78 is 8.58. The number of furan rings is 1. The molecule has 246 valence electrons. The molecule has 5 heterocycles. The van der Waals surface area contributed by atoms with Crippen molar-refractivity contribution >= 4 is 68.5 Å². The number of likely N-dealkylation sites (tertiary alicyclic amines) is 1. The van der Waals surface area contributed by atoms with Crippen LogP contribution in [-0.2, 0) is 32.8 Å². The lowest BCUT2D eigenvalue weighted by Gasteiger charge is -2.48. The molecule has 3 N–H and O–H groups in total. The zero-order valence-electron chi connectivity index (χ0n) is 26.1. The average Bonchev–Trinajstić information content (AvgIpc) is 3.84. The van der Waals surface area contributed by atoms with E-state index < -0.39 is 64.7 Å². The summed E-state index contributed by atoms with van der Waals surface area (Å²) >= 11 is 7.80. The summed E-state index contributed by atoms with van der Waals surface area (Å²) in [5.41, 5.74) is 6.35. The van der Waals surface area contributed by atoms with E-state index >= 15 is 0 Å². The maximum absolute atomic E-state index is 14.8. The second-order valence-corrected chi connectivity index (χ2v) is 14.7. The minimum atomic E-state index is -1.35.